The standard InChI is InChI=1S/C10H10N2O3S/c13-9-6-2-1-3-12(6)7-5(11-9)4-16-8(7)10(14)15/h4,6H,1-3H2,(H,11,13)(H,14,15)/t6-/m0/s1. The summed E-state index contributed by atoms with van der Waals surface area (Å²) in [5.74, 6) is -0.937. The number of amides is 1. The quantitative estimate of drug-likeness (QED) is 0.775. The lowest BCUT2D eigenvalue weighted by molar-refractivity contribution is -0.117. The molecule has 0 saturated carbocycles. The zero-order valence-corrected chi connectivity index (χ0v) is 9.21. The number of aromatic carboxylic acids is 1. The first-order valence-electron chi connectivity index (χ1n) is 5.11. The topological polar surface area (TPSA) is 69.6 Å². The largest absolute Gasteiger partial charge is 0.477 e. The van der Waals surface area contributed by atoms with Crippen molar-refractivity contribution in [3.8, 4) is 0 Å². The van der Waals surface area contributed by atoms with E-state index in [9.17, 15) is 9.59 Å². The fourth-order valence-electron chi connectivity index (χ4n) is 2.40. The van der Waals surface area contributed by atoms with Crippen LogP contribution in [0.1, 0.15) is 22.5 Å². The first kappa shape index (κ1) is 9.65. The minimum absolute atomic E-state index is 0.0141. The first-order chi connectivity index (χ1) is 7.68. The van der Waals surface area contributed by atoms with E-state index in [1.165, 1.54) is 11.3 Å². The van der Waals surface area contributed by atoms with Gasteiger partial charge in [-0.15, -0.1) is 11.3 Å². The summed E-state index contributed by atoms with van der Waals surface area (Å²) in [5.41, 5.74) is 1.34. The highest BCUT2D eigenvalue weighted by Gasteiger charge is 2.39. The fraction of sp³-hybridized carbons (Fsp3) is 0.400. The van der Waals surface area contributed by atoms with Crippen molar-refractivity contribution in [1.82, 2.24) is 0 Å². The van der Waals surface area contributed by atoms with Gasteiger partial charge in [-0.3, -0.25) is 4.79 Å². The lowest BCUT2D eigenvalue weighted by Gasteiger charge is -2.31. The third-order valence-corrected chi connectivity index (χ3v) is 4.02. The smallest absolute Gasteiger partial charge is 0.348 e. The molecule has 16 heavy (non-hydrogen) atoms. The van der Waals surface area contributed by atoms with Crippen LogP contribution in [-0.4, -0.2) is 29.6 Å². The van der Waals surface area contributed by atoms with Crippen LogP contribution in [0.2, 0.25) is 0 Å². The number of rotatable bonds is 1. The number of carboxylic acids is 1. The molecule has 1 saturated heterocycles. The van der Waals surface area contributed by atoms with Gasteiger partial charge in [-0.05, 0) is 12.8 Å². The third kappa shape index (κ3) is 1.16. The lowest BCUT2D eigenvalue weighted by atomic mass is 10.1. The van der Waals surface area contributed by atoms with E-state index in [1.807, 2.05) is 4.90 Å². The fourth-order valence-corrected chi connectivity index (χ4v) is 3.25. The zero-order chi connectivity index (χ0) is 11.3. The van der Waals surface area contributed by atoms with E-state index in [-0.39, 0.29) is 11.9 Å². The maximum Gasteiger partial charge on any atom is 0.348 e. The molecule has 1 aromatic heterocycles. The predicted octanol–water partition coefficient (Wildman–Crippen LogP) is 1.37. The molecule has 1 atom stereocenters. The Morgan fingerprint density at radius 2 is 2.44 bits per heavy atom. The summed E-state index contributed by atoms with van der Waals surface area (Å²) in [7, 11) is 0. The Bertz CT molecular complexity index is 482. The number of nitrogens with one attached hydrogen (secondary N) is 1. The molecule has 3 heterocycles. The van der Waals surface area contributed by atoms with Crippen molar-refractivity contribution in [3.05, 3.63) is 10.3 Å². The molecule has 5 nitrogen and oxygen atoms in total. The maximum absolute atomic E-state index is 11.7. The van der Waals surface area contributed by atoms with Crippen LogP contribution in [0, 0.1) is 0 Å². The summed E-state index contributed by atoms with van der Waals surface area (Å²) in [6, 6.07) is -0.180. The number of hydrogen-bond donors (Lipinski definition) is 2. The molecule has 1 aromatic rings. The molecular formula is C10H10N2O3S. The monoisotopic (exact) mass is 238 g/mol. The third-order valence-electron chi connectivity index (χ3n) is 3.06. The number of fused-ring (bicyclic) bond motifs is 3. The lowest BCUT2D eigenvalue weighted by Crippen LogP contribution is -2.44. The van der Waals surface area contributed by atoms with Gasteiger partial charge in [-0.1, -0.05) is 0 Å². The second-order valence-electron chi connectivity index (χ2n) is 3.97. The molecule has 6 heteroatoms. The summed E-state index contributed by atoms with van der Waals surface area (Å²) in [4.78, 5) is 25.0. The average Bonchev–Trinajstić information content (AvgIpc) is 2.80. The summed E-state index contributed by atoms with van der Waals surface area (Å²) in [6.07, 6.45) is 1.74. The number of thiophene rings is 1. The summed E-state index contributed by atoms with van der Waals surface area (Å²) in [5, 5.41) is 13.6. The Morgan fingerprint density at radius 1 is 1.62 bits per heavy atom. The van der Waals surface area contributed by atoms with Gasteiger partial charge in [0, 0.05) is 11.9 Å². The number of anilines is 2. The van der Waals surface area contributed by atoms with Crippen molar-refractivity contribution < 1.29 is 14.7 Å². The van der Waals surface area contributed by atoms with E-state index in [0.717, 1.165) is 19.4 Å². The van der Waals surface area contributed by atoms with Crippen LogP contribution < -0.4 is 10.2 Å². The molecule has 1 amide bonds. The van der Waals surface area contributed by atoms with Crippen LogP contribution in [0.15, 0.2) is 5.38 Å². The maximum atomic E-state index is 11.7. The van der Waals surface area contributed by atoms with Gasteiger partial charge in [0.1, 0.15) is 10.9 Å². The second kappa shape index (κ2) is 3.21. The summed E-state index contributed by atoms with van der Waals surface area (Å²) >= 11 is 1.17. The molecule has 0 bridgehead atoms. The minimum Gasteiger partial charge on any atom is -0.477 e. The summed E-state index contributed by atoms with van der Waals surface area (Å²) in [6.45, 7) is 0.766. The molecule has 2 N–H and O–H groups in total. The molecule has 84 valence electrons. The average molecular weight is 238 g/mol. The van der Waals surface area contributed by atoms with Gasteiger partial charge in [0.25, 0.3) is 0 Å². The van der Waals surface area contributed by atoms with Crippen molar-refractivity contribution in [1.29, 1.82) is 0 Å². The number of nitrogens with zero attached hydrogens (tertiary/aromatic N) is 1. The van der Waals surface area contributed by atoms with E-state index in [4.69, 9.17) is 5.11 Å². The van der Waals surface area contributed by atoms with Gasteiger partial charge in [-0.25, -0.2) is 4.79 Å². The van der Waals surface area contributed by atoms with E-state index < -0.39 is 5.97 Å². The van der Waals surface area contributed by atoms with E-state index in [0.29, 0.717) is 16.3 Å². The Kier molecular flexibility index (Phi) is 1.94. The molecular weight excluding hydrogens is 228 g/mol. The highest BCUT2D eigenvalue weighted by Crippen LogP contribution is 2.42. The van der Waals surface area contributed by atoms with Crippen LogP contribution >= 0.6 is 11.3 Å². The Labute approximate surface area is 95.7 Å². The highest BCUT2D eigenvalue weighted by atomic mass is 32.1. The number of carbonyl (C=O) groups excluding carboxylic acids is 1. The van der Waals surface area contributed by atoms with Gasteiger partial charge in [0.05, 0.1) is 11.4 Å². The molecule has 0 unspecified atom stereocenters. The molecule has 0 radical (unpaired) electrons. The van der Waals surface area contributed by atoms with Crippen molar-refractivity contribution in [2.45, 2.75) is 18.9 Å². The second-order valence-corrected chi connectivity index (χ2v) is 4.85. The highest BCUT2D eigenvalue weighted by molar-refractivity contribution is 7.13. The number of hydrogen-bond acceptors (Lipinski definition) is 4. The first-order valence-corrected chi connectivity index (χ1v) is 5.98. The van der Waals surface area contributed by atoms with E-state index in [2.05, 4.69) is 5.32 Å². The molecule has 2 aliphatic heterocycles. The molecule has 3 rings (SSSR count). The van der Waals surface area contributed by atoms with Gasteiger partial charge in [0.2, 0.25) is 5.91 Å². The predicted molar refractivity (Wildman–Crippen MR) is 60.3 cm³/mol. The van der Waals surface area contributed by atoms with Crippen molar-refractivity contribution in [2.75, 3.05) is 16.8 Å². The van der Waals surface area contributed by atoms with Crippen LogP contribution in [0.4, 0.5) is 11.4 Å². The van der Waals surface area contributed by atoms with Gasteiger partial charge < -0.3 is 15.3 Å². The van der Waals surface area contributed by atoms with Crippen LogP contribution in [0.25, 0.3) is 0 Å². The Morgan fingerprint density at radius 3 is 3.19 bits per heavy atom. The number of carboxylic acid groups (broad SMARTS) is 1. The molecule has 2 aliphatic rings. The Balaban J connectivity index is 2.14. The minimum atomic E-state index is -0.923. The van der Waals surface area contributed by atoms with Crippen molar-refractivity contribution >= 4 is 34.6 Å². The van der Waals surface area contributed by atoms with Gasteiger partial charge in [-0.2, -0.15) is 0 Å². The van der Waals surface area contributed by atoms with E-state index in [1.54, 1.807) is 5.38 Å². The van der Waals surface area contributed by atoms with Gasteiger partial charge >= 0.3 is 5.97 Å². The molecule has 0 aromatic carbocycles. The normalized spacial score (nSPS) is 22.6. The molecule has 0 spiro atoms. The SMILES string of the molecule is O=C(O)c1scc2c1N1CCC[C@H]1C(=O)N2. The summed E-state index contributed by atoms with van der Waals surface area (Å²) < 4.78 is 0. The van der Waals surface area contributed by atoms with E-state index >= 15 is 0 Å². The van der Waals surface area contributed by atoms with Crippen LogP contribution in [0.3, 0.4) is 0 Å². The number of carbonyl (C=O) groups is 2. The van der Waals surface area contributed by atoms with Crippen molar-refractivity contribution in [2.24, 2.45) is 0 Å². The molecule has 1 fully saturated rings. The zero-order valence-electron chi connectivity index (χ0n) is 8.40. The van der Waals surface area contributed by atoms with Crippen LogP contribution in [-0.2, 0) is 4.79 Å². The Hall–Kier alpha value is -1.56. The van der Waals surface area contributed by atoms with Crippen LogP contribution in [0.5, 0.6) is 0 Å². The van der Waals surface area contributed by atoms with Gasteiger partial charge in [0.15, 0.2) is 0 Å². The molecule has 0 aliphatic carbocycles. The van der Waals surface area contributed by atoms with Crippen molar-refractivity contribution in [3.63, 3.8) is 0 Å².